The summed E-state index contributed by atoms with van der Waals surface area (Å²) in [6.07, 6.45) is 0. The zero-order chi connectivity index (χ0) is 16.4. The topological polar surface area (TPSA) is 66.6 Å². The standard InChI is InChI=1S/C17H22N2O3/c1-10(2)13-6-7-16(20)14(8-13)17(21)19(5)9-15-11(3)18-22-12(15)4/h6-8,10,20H,9H2,1-5H3. The van der Waals surface area contributed by atoms with Crippen LogP contribution in [0.25, 0.3) is 0 Å². The Kier molecular flexibility index (Phi) is 4.54. The number of hydrogen-bond donors (Lipinski definition) is 1. The fourth-order valence-corrected chi connectivity index (χ4v) is 2.33. The normalized spacial score (nSPS) is 11.0. The maximum atomic E-state index is 12.6. The minimum Gasteiger partial charge on any atom is -0.507 e. The third kappa shape index (κ3) is 3.13. The van der Waals surface area contributed by atoms with E-state index in [0.717, 1.165) is 16.8 Å². The molecule has 0 atom stereocenters. The Bertz CT molecular complexity index is 670. The maximum Gasteiger partial charge on any atom is 0.257 e. The smallest absolute Gasteiger partial charge is 0.257 e. The molecule has 0 fully saturated rings. The van der Waals surface area contributed by atoms with Gasteiger partial charge in [0, 0.05) is 12.6 Å². The molecular formula is C17H22N2O3. The van der Waals surface area contributed by atoms with Crippen molar-refractivity contribution in [1.82, 2.24) is 10.1 Å². The zero-order valence-corrected chi connectivity index (χ0v) is 13.7. The zero-order valence-electron chi connectivity index (χ0n) is 13.7. The van der Waals surface area contributed by atoms with Gasteiger partial charge in [-0.15, -0.1) is 0 Å². The Morgan fingerprint density at radius 3 is 2.59 bits per heavy atom. The van der Waals surface area contributed by atoms with Crippen molar-refractivity contribution in [2.45, 2.75) is 40.2 Å². The molecule has 0 aliphatic carbocycles. The first-order valence-corrected chi connectivity index (χ1v) is 7.31. The summed E-state index contributed by atoms with van der Waals surface area (Å²) in [7, 11) is 1.70. The number of nitrogens with zero attached hydrogens (tertiary/aromatic N) is 2. The van der Waals surface area contributed by atoms with Crippen molar-refractivity contribution < 1.29 is 14.4 Å². The van der Waals surface area contributed by atoms with Gasteiger partial charge in [0.25, 0.3) is 5.91 Å². The van der Waals surface area contributed by atoms with Crippen LogP contribution in [0.3, 0.4) is 0 Å². The summed E-state index contributed by atoms with van der Waals surface area (Å²) >= 11 is 0. The highest BCUT2D eigenvalue weighted by atomic mass is 16.5. The molecule has 0 unspecified atom stereocenters. The van der Waals surface area contributed by atoms with Crippen LogP contribution in [0.2, 0.25) is 0 Å². The van der Waals surface area contributed by atoms with E-state index >= 15 is 0 Å². The molecule has 0 aliphatic rings. The fraction of sp³-hybridized carbons (Fsp3) is 0.412. The fourth-order valence-electron chi connectivity index (χ4n) is 2.33. The number of hydrogen-bond acceptors (Lipinski definition) is 4. The minimum atomic E-state index is -0.222. The molecule has 5 heteroatoms. The van der Waals surface area contributed by atoms with Crippen LogP contribution < -0.4 is 0 Å². The second kappa shape index (κ2) is 6.22. The second-order valence-corrected chi connectivity index (χ2v) is 5.90. The first-order valence-electron chi connectivity index (χ1n) is 7.31. The molecule has 5 nitrogen and oxygen atoms in total. The molecule has 1 amide bonds. The van der Waals surface area contributed by atoms with Gasteiger partial charge in [-0.3, -0.25) is 4.79 Å². The summed E-state index contributed by atoms with van der Waals surface area (Å²) in [6, 6.07) is 5.17. The first-order chi connectivity index (χ1) is 10.3. The molecule has 1 N–H and O–H groups in total. The Morgan fingerprint density at radius 1 is 1.36 bits per heavy atom. The van der Waals surface area contributed by atoms with Crippen LogP contribution in [0.1, 0.15) is 52.7 Å². The van der Waals surface area contributed by atoms with E-state index in [1.807, 2.05) is 33.8 Å². The summed E-state index contributed by atoms with van der Waals surface area (Å²) < 4.78 is 5.12. The van der Waals surface area contributed by atoms with Crippen molar-refractivity contribution in [3.05, 3.63) is 46.3 Å². The summed E-state index contributed by atoms with van der Waals surface area (Å²) in [5, 5.41) is 13.9. The van der Waals surface area contributed by atoms with Gasteiger partial charge in [0.1, 0.15) is 11.5 Å². The molecule has 1 heterocycles. The van der Waals surface area contributed by atoms with Crippen LogP contribution in [0.5, 0.6) is 5.75 Å². The van der Waals surface area contributed by atoms with Gasteiger partial charge in [-0.2, -0.15) is 0 Å². The lowest BCUT2D eigenvalue weighted by Gasteiger charge is -2.18. The number of amides is 1. The van der Waals surface area contributed by atoms with Crippen LogP contribution >= 0.6 is 0 Å². The number of aromatic nitrogens is 1. The number of phenols is 1. The maximum absolute atomic E-state index is 12.6. The van der Waals surface area contributed by atoms with Gasteiger partial charge in [-0.25, -0.2) is 0 Å². The monoisotopic (exact) mass is 302 g/mol. The Labute approximate surface area is 130 Å². The highest BCUT2D eigenvalue weighted by molar-refractivity contribution is 5.96. The molecule has 22 heavy (non-hydrogen) atoms. The Morgan fingerprint density at radius 2 is 2.05 bits per heavy atom. The summed E-state index contributed by atoms with van der Waals surface area (Å²) in [4.78, 5) is 14.2. The summed E-state index contributed by atoms with van der Waals surface area (Å²) in [5.41, 5.74) is 3.01. The predicted molar refractivity (Wildman–Crippen MR) is 84.0 cm³/mol. The largest absolute Gasteiger partial charge is 0.507 e. The van der Waals surface area contributed by atoms with E-state index in [1.54, 1.807) is 24.1 Å². The molecule has 0 saturated heterocycles. The molecule has 1 aromatic carbocycles. The predicted octanol–water partition coefficient (Wildman–Crippen LogP) is 3.39. The van der Waals surface area contributed by atoms with Crippen molar-refractivity contribution in [2.24, 2.45) is 0 Å². The average molecular weight is 302 g/mol. The van der Waals surface area contributed by atoms with Gasteiger partial charge < -0.3 is 14.5 Å². The van der Waals surface area contributed by atoms with Crippen molar-refractivity contribution in [3.8, 4) is 5.75 Å². The van der Waals surface area contributed by atoms with E-state index < -0.39 is 0 Å². The number of rotatable bonds is 4. The third-order valence-corrected chi connectivity index (χ3v) is 3.84. The SMILES string of the molecule is Cc1noc(C)c1CN(C)C(=O)c1cc(C(C)C)ccc1O. The second-order valence-electron chi connectivity index (χ2n) is 5.90. The van der Waals surface area contributed by atoms with Crippen molar-refractivity contribution in [2.75, 3.05) is 7.05 Å². The van der Waals surface area contributed by atoms with Gasteiger partial charge in [-0.05, 0) is 37.5 Å². The van der Waals surface area contributed by atoms with Crippen LogP contribution in [0, 0.1) is 13.8 Å². The van der Waals surface area contributed by atoms with Crippen LogP contribution in [0.4, 0.5) is 0 Å². The van der Waals surface area contributed by atoms with E-state index in [1.165, 1.54) is 0 Å². The molecule has 2 aromatic rings. The number of benzene rings is 1. The number of carbonyl (C=O) groups is 1. The van der Waals surface area contributed by atoms with Crippen LogP contribution in [-0.4, -0.2) is 28.1 Å². The Balaban J connectivity index is 2.26. The molecule has 118 valence electrons. The highest BCUT2D eigenvalue weighted by Crippen LogP contribution is 2.25. The van der Waals surface area contributed by atoms with Crippen molar-refractivity contribution >= 4 is 5.91 Å². The molecule has 0 radical (unpaired) electrons. The minimum absolute atomic E-state index is 0.0000116. The van der Waals surface area contributed by atoms with Gasteiger partial charge in [0.15, 0.2) is 0 Å². The first kappa shape index (κ1) is 16.1. The lowest BCUT2D eigenvalue weighted by molar-refractivity contribution is 0.0781. The van der Waals surface area contributed by atoms with E-state index in [4.69, 9.17) is 4.52 Å². The van der Waals surface area contributed by atoms with E-state index in [2.05, 4.69) is 5.16 Å². The van der Waals surface area contributed by atoms with Gasteiger partial charge in [-0.1, -0.05) is 25.1 Å². The lowest BCUT2D eigenvalue weighted by atomic mass is 9.99. The number of carbonyl (C=O) groups excluding carboxylic acids is 1. The van der Waals surface area contributed by atoms with Gasteiger partial charge >= 0.3 is 0 Å². The molecule has 0 saturated carbocycles. The summed E-state index contributed by atoms with van der Waals surface area (Å²) in [5.74, 6) is 0.775. The Hall–Kier alpha value is -2.30. The van der Waals surface area contributed by atoms with E-state index in [-0.39, 0.29) is 11.7 Å². The molecule has 0 spiro atoms. The third-order valence-electron chi connectivity index (χ3n) is 3.84. The molecule has 2 rings (SSSR count). The lowest BCUT2D eigenvalue weighted by Crippen LogP contribution is -2.26. The molecular weight excluding hydrogens is 280 g/mol. The van der Waals surface area contributed by atoms with E-state index in [0.29, 0.717) is 23.8 Å². The van der Waals surface area contributed by atoms with E-state index in [9.17, 15) is 9.90 Å². The van der Waals surface area contributed by atoms with Gasteiger partial charge in [0.05, 0.1) is 17.8 Å². The van der Waals surface area contributed by atoms with Crippen molar-refractivity contribution in [1.29, 1.82) is 0 Å². The van der Waals surface area contributed by atoms with Crippen LogP contribution in [0.15, 0.2) is 22.7 Å². The highest BCUT2D eigenvalue weighted by Gasteiger charge is 2.20. The molecule has 0 bridgehead atoms. The summed E-state index contributed by atoms with van der Waals surface area (Å²) in [6.45, 7) is 8.17. The van der Waals surface area contributed by atoms with Crippen molar-refractivity contribution in [3.63, 3.8) is 0 Å². The molecule has 0 aliphatic heterocycles. The number of aromatic hydroxyl groups is 1. The molecule has 1 aromatic heterocycles. The average Bonchev–Trinajstić information content (AvgIpc) is 2.78. The number of aryl methyl sites for hydroxylation is 2. The van der Waals surface area contributed by atoms with Gasteiger partial charge in [0.2, 0.25) is 0 Å². The number of phenolic OH excluding ortho intramolecular Hbond substituents is 1. The quantitative estimate of drug-likeness (QED) is 0.940. The van der Waals surface area contributed by atoms with Crippen LogP contribution in [-0.2, 0) is 6.54 Å².